The number of nitrogens with zero attached hydrogens (tertiary/aromatic N) is 2. The smallest absolute Gasteiger partial charge is 0.170 e. The van der Waals surface area contributed by atoms with E-state index in [1.807, 2.05) is 14.0 Å². The van der Waals surface area contributed by atoms with E-state index in [9.17, 15) is 4.79 Å². The first-order chi connectivity index (χ1) is 9.97. The number of hydrogen-bond acceptors (Lipinski definition) is 4. The molecule has 0 saturated carbocycles. The molecule has 0 fully saturated rings. The van der Waals surface area contributed by atoms with Crippen molar-refractivity contribution in [3.8, 4) is 5.75 Å². The highest BCUT2D eigenvalue weighted by molar-refractivity contribution is 9.10. The van der Waals surface area contributed by atoms with E-state index >= 15 is 0 Å². The molecule has 2 aromatic rings. The molecule has 2 N–H and O–H groups in total. The molecule has 0 aliphatic rings. The number of halogens is 1. The number of nitrogens with two attached hydrogens (primary N) is 1. The third kappa shape index (κ3) is 3.10. The zero-order chi connectivity index (χ0) is 15.6. The Morgan fingerprint density at radius 1 is 1.48 bits per heavy atom. The second-order valence-electron chi connectivity index (χ2n) is 4.74. The topological polar surface area (TPSA) is 70.1 Å². The van der Waals surface area contributed by atoms with Gasteiger partial charge in [0.1, 0.15) is 5.75 Å². The predicted octanol–water partition coefficient (Wildman–Crippen LogP) is 2.76. The maximum absolute atomic E-state index is 12.5. The van der Waals surface area contributed by atoms with Crippen LogP contribution in [0.25, 0.3) is 0 Å². The molecule has 0 aliphatic carbocycles. The number of anilines is 1. The molecular formula is C15H18BrN3O2. The lowest BCUT2D eigenvalue weighted by Gasteiger charge is -2.08. The zero-order valence-corrected chi connectivity index (χ0v) is 13.9. The molecule has 112 valence electrons. The van der Waals surface area contributed by atoms with E-state index in [-0.39, 0.29) is 12.2 Å². The lowest BCUT2D eigenvalue weighted by atomic mass is 10.0. The van der Waals surface area contributed by atoms with Gasteiger partial charge in [-0.25, -0.2) is 0 Å². The lowest BCUT2D eigenvalue weighted by molar-refractivity contribution is 0.0991. The van der Waals surface area contributed by atoms with Gasteiger partial charge in [-0.2, -0.15) is 5.10 Å². The largest absolute Gasteiger partial charge is 0.497 e. The van der Waals surface area contributed by atoms with Crippen LogP contribution in [-0.2, 0) is 19.9 Å². The third-order valence-electron chi connectivity index (χ3n) is 3.39. The Morgan fingerprint density at radius 3 is 2.71 bits per heavy atom. The van der Waals surface area contributed by atoms with Crippen molar-refractivity contribution in [1.82, 2.24) is 9.78 Å². The fourth-order valence-corrected chi connectivity index (χ4v) is 2.94. The van der Waals surface area contributed by atoms with E-state index in [2.05, 4.69) is 21.0 Å². The summed E-state index contributed by atoms with van der Waals surface area (Å²) in [4.78, 5) is 12.5. The molecule has 0 atom stereocenters. The standard InChI is InChI=1S/C15H18BrN3O2/c1-4-12-15(16)13(19(2)18-12)8-14(20)10-6-5-9(21-3)7-11(10)17/h5-7H,4,8,17H2,1-3H3. The van der Waals surface area contributed by atoms with Crippen LogP contribution in [0.15, 0.2) is 22.7 Å². The van der Waals surface area contributed by atoms with Crippen molar-refractivity contribution in [1.29, 1.82) is 0 Å². The summed E-state index contributed by atoms with van der Waals surface area (Å²) < 4.78 is 7.72. The number of hydrogen-bond donors (Lipinski definition) is 1. The number of Topliss-reactive ketones (excluding diaryl/α,β-unsaturated/α-hetero) is 1. The van der Waals surface area contributed by atoms with Crippen molar-refractivity contribution in [2.75, 3.05) is 12.8 Å². The van der Waals surface area contributed by atoms with Gasteiger partial charge in [-0.15, -0.1) is 0 Å². The summed E-state index contributed by atoms with van der Waals surface area (Å²) in [6.07, 6.45) is 1.06. The summed E-state index contributed by atoms with van der Waals surface area (Å²) >= 11 is 3.52. The van der Waals surface area contributed by atoms with Crippen molar-refractivity contribution >= 4 is 27.4 Å². The van der Waals surface area contributed by atoms with Gasteiger partial charge < -0.3 is 10.5 Å². The molecule has 2 rings (SSSR count). The summed E-state index contributed by atoms with van der Waals surface area (Å²) in [6, 6.07) is 5.09. The molecule has 0 amide bonds. The monoisotopic (exact) mass is 351 g/mol. The zero-order valence-electron chi connectivity index (χ0n) is 12.3. The average molecular weight is 352 g/mol. The van der Waals surface area contributed by atoms with E-state index in [0.29, 0.717) is 17.0 Å². The van der Waals surface area contributed by atoms with Gasteiger partial charge in [-0.05, 0) is 34.5 Å². The first-order valence-electron chi connectivity index (χ1n) is 6.64. The number of ketones is 1. The Hall–Kier alpha value is -1.82. The highest BCUT2D eigenvalue weighted by atomic mass is 79.9. The van der Waals surface area contributed by atoms with Gasteiger partial charge in [0.15, 0.2) is 5.78 Å². The quantitative estimate of drug-likeness (QED) is 0.664. The maximum Gasteiger partial charge on any atom is 0.170 e. The lowest BCUT2D eigenvalue weighted by Crippen LogP contribution is -2.10. The van der Waals surface area contributed by atoms with Crippen LogP contribution in [-0.4, -0.2) is 22.7 Å². The number of benzene rings is 1. The fourth-order valence-electron chi connectivity index (χ4n) is 2.18. The molecule has 21 heavy (non-hydrogen) atoms. The molecule has 0 unspecified atom stereocenters. The number of ether oxygens (including phenoxy) is 1. The van der Waals surface area contributed by atoms with Crippen molar-refractivity contribution < 1.29 is 9.53 Å². The Labute approximate surface area is 132 Å². The Balaban J connectivity index is 2.28. The van der Waals surface area contributed by atoms with Crippen LogP contribution < -0.4 is 10.5 Å². The number of aryl methyl sites for hydroxylation is 2. The van der Waals surface area contributed by atoms with Gasteiger partial charge in [-0.3, -0.25) is 9.48 Å². The Kier molecular flexibility index (Phi) is 4.67. The van der Waals surface area contributed by atoms with E-state index in [1.54, 1.807) is 30.0 Å². The first kappa shape index (κ1) is 15.6. The van der Waals surface area contributed by atoms with Crippen LogP contribution in [0, 0.1) is 0 Å². The third-order valence-corrected chi connectivity index (χ3v) is 4.31. The highest BCUT2D eigenvalue weighted by Gasteiger charge is 2.18. The van der Waals surface area contributed by atoms with Crippen LogP contribution >= 0.6 is 15.9 Å². The van der Waals surface area contributed by atoms with Gasteiger partial charge >= 0.3 is 0 Å². The van der Waals surface area contributed by atoms with Crippen LogP contribution in [0.3, 0.4) is 0 Å². The second kappa shape index (κ2) is 6.30. The molecule has 0 radical (unpaired) electrons. The molecule has 6 heteroatoms. The molecule has 0 aliphatic heterocycles. The summed E-state index contributed by atoms with van der Waals surface area (Å²) in [5.74, 6) is 0.598. The minimum atomic E-state index is -0.0403. The number of nitrogen functional groups attached to an aromatic ring is 1. The van der Waals surface area contributed by atoms with Crippen LogP contribution in [0.5, 0.6) is 5.75 Å². The molecule has 0 spiro atoms. The molecule has 0 saturated heterocycles. The number of rotatable bonds is 5. The molecule has 0 bridgehead atoms. The Bertz CT molecular complexity index is 680. The van der Waals surface area contributed by atoms with Crippen LogP contribution in [0.4, 0.5) is 5.69 Å². The summed E-state index contributed by atoms with van der Waals surface area (Å²) in [7, 11) is 3.40. The minimum Gasteiger partial charge on any atom is -0.497 e. The van der Waals surface area contributed by atoms with Crippen molar-refractivity contribution in [2.45, 2.75) is 19.8 Å². The summed E-state index contributed by atoms with van der Waals surface area (Å²) in [5, 5.41) is 4.39. The minimum absolute atomic E-state index is 0.0403. The number of carbonyl (C=O) groups excluding carboxylic acids is 1. The van der Waals surface area contributed by atoms with Gasteiger partial charge in [0, 0.05) is 24.4 Å². The van der Waals surface area contributed by atoms with E-state index < -0.39 is 0 Å². The summed E-state index contributed by atoms with van der Waals surface area (Å²) in [5.41, 5.74) is 8.65. The number of aromatic nitrogens is 2. The summed E-state index contributed by atoms with van der Waals surface area (Å²) in [6.45, 7) is 2.03. The maximum atomic E-state index is 12.5. The van der Waals surface area contributed by atoms with Crippen molar-refractivity contribution in [3.63, 3.8) is 0 Å². The number of methoxy groups -OCH3 is 1. The van der Waals surface area contributed by atoms with E-state index in [0.717, 1.165) is 22.3 Å². The van der Waals surface area contributed by atoms with Gasteiger partial charge in [0.05, 0.1) is 29.4 Å². The van der Waals surface area contributed by atoms with E-state index in [4.69, 9.17) is 10.5 Å². The fraction of sp³-hybridized carbons (Fsp3) is 0.333. The van der Waals surface area contributed by atoms with Gasteiger partial charge in [-0.1, -0.05) is 6.92 Å². The second-order valence-corrected chi connectivity index (χ2v) is 5.53. The molecule has 5 nitrogen and oxygen atoms in total. The molecule has 1 heterocycles. The molecule has 1 aromatic carbocycles. The van der Waals surface area contributed by atoms with Gasteiger partial charge in [0.25, 0.3) is 0 Å². The number of carbonyl (C=O) groups is 1. The molecule has 1 aromatic heterocycles. The van der Waals surface area contributed by atoms with Crippen molar-refractivity contribution in [2.24, 2.45) is 7.05 Å². The Morgan fingerprint density at radius 2 is 2.19 bits per heavy atom. The highest BCUT2D eigenvalue weighted by Crippen LogP contribution is 2.25. The van der Waals surface area contributed by atoms with Crippen LogP contribution in [0.2, 0.25) is 0 Å². The normalized spacial score (nSPS) is 10.7. The average Bonchev–Trinajstić information content (AvgIpc) is 2.74. The van der Waals surface area contributed by atoms with Crippen LogP contribution in [0.1, 0.15) is 28.7 Å². The van der Waals surface area contributed by atoms with E-state index in [1.165, 1.54) is 0 Å². The first-order valence-corrected chi connectivity index (χ1v) is 7.44. The SMILES string of the molecule is CCc1nn(C)c(CC(=O)c2ccc(OC)cc2N)c1Br. The van der Waals surface area contributed by atoms with Crippen molar-refractivity contribution in [3.05, 3.63) is 39.6 Å². The van der Waals surface area contributed by atoms with Gasteiger partial charge in [0.2, 0.25) is 0 Å². The molecular weight excluding hydrogens is 334 g/mol. The predicted molar refractivity (Wildman–Crippen MR) is 85.7 cm³/mol.